The molecule has 212 valence electrons. The molecule has 40 heavy (non-hydrogen) atoms. The molecule has 0 saturated heterocycles. The SMILES string of the molecule is Cc1cccc(CN(C(=O)CN(c2cc(Cl)ccc2C)S(=O)(=O)c2ccccc2)[C@H](C)C(=O)NC2CCCC2)c1. The van der Waals surface area contributed by atoms with Gasteiger partial charge < -0.3 is 10.2 Å². The van der Waals surface area contributed by atoms with E-state index in [1.165, 1.54) is 17.0 Å². The normalized spacial score (nSPS) is 14.5. The minimum atomic E-state index is -4.14. The Morgan fingerprint density at radius 1 is 0.975 bits per heavy atom. The fourth-order valence-corrected chi connectivity index (χ4v) is 6.72. The van der Waals surface area contributed by atoms with Gasteiger partial charge in [0.05, 0.1) is 10.6 Å². The van der Waals surface area contributed by atoms with Crippen LogP contribution in [0.15, 0.2) is 77.7 Å². The molecular formula is C31H36ClN3O4S. The molecule has 0 heterocycles. The molecule has 1 atom stereocenters. The van der Waals surface area contributed by atoms with E-state index in [2.05, 4.69) is 5.32 Å². The summed E-state index contributed by atoms with van der Waals surface area (Å²) in [5, 5.41) is 3.44. The number of anilines is 1. The number of aryl methyl sites for hydroxylation is 2. The third-order valence-electron chi connectivity index (χ3n) is 7.35. The molecule has 1 aliphatic carbocycles. The van der Waals surface area contributed by atoms with Crippen molar-refractivity contribution in [2.45, 2.75) is 70.0 Å². The first-order valence-electron chi connectivity index (χ1n) is 13.6. The summed E-state index contributed by atoms with van der Waals surface area (Å²) in [5.41, 5.74) is 2.83. The molecule has 0 aliphatic heterocycles. The number of rotatable bonds is 10. The molecular weight excluding hydrogens is 546 g/mol. The lowest BCUT2D eigenvalue weighted by Gasteiger charge is -2.33. The number of amides is 2. The second-order valence-corrected chi connectivity index (χ2v) is 12.7. The number of nitrogens with one attached hydrogen (secondary N) is 1. The molecule has 0 spiro atoms. The number of carbonyl (C=O) groups is 2. The van der Waals surface area contributed by atoms with Crippen LogP contribution in [0, 0.1) is 13.8 Å². The van der Waals surface area contributed by atoms with Crippen LogP contribution in [-0.4, -0.2) is 43.8 Å². The van der Waals surface area contributed by atoms with Crippen LogP contribution in [0.5, 0.6) is 0 Å². The van der Waals surface area contributed by atoms with Crippen LogP contribution in [0.2, 0.25) is 5.02 Å². The molecule has 1 N–H and O–H groups in total. The molecule has 7 nitrogen and oxygen atoms in total. The Kier molecular flexibility index (Phi) is 9.53. The van der Waals surface area contributed by atoms with Gasteiger partial charge in [-0.25, -0.2) is 8.42 Å². The number of carbonyl (C=O) groups excluding carboxylic acids is 2. The first-order chi connectivity index (χ1) is 19.1. The van der Waals surface area contributed by atoms with Crippen molar-refractivity contribution in [2.75, 3.05) is 10.8 Å². The van der Waals surface area contributed by atoms with Gasteiger partial charge in [0.25, 0.3) is 10.0 Å². The van der Waals surface area contributed by atoms with Crippen molar-refractivity contribution in [1.29, 1.82) is 0 Å². The van der Waals surface area contributed by atoms with E-state index in [0.29, 0.717) is 16.3 Å². The molecule has 1 fully saturated rings. The largest absolute Gasteiger partial charge is 0.352 e. The Labute approximate surface area is 242 Å². The van der Waals surface area contributed by atoms with Gasteiger partial charge in [0.2, 0.25) is 11.8 Å². The maximum Gasteiger partial charge on any atom is 0.264 e. The number of hydrogen-bond donors (Lipinski definition) is 1. The van der Waals surface area contributed by atoms with Gasteiger partial charge >= 0.3 is 0 Å². The Balaban J connectivity index is 1.71. The van der Waals surface area contributed by atoms with E-state index in [1.807, 2.05) is 31.2 Å². The second-order valence-electron chi connectivity index (χ2n) is 10.4. The Morgan fingerprint density at radius 2 is 1.68 bits per heavy atom. The summed E-state index contributed by atoms with van der Waals surface area (Å²) in [4.78, 5) is 28.9. The van der Waals surface area contributed by atoms with Gasteiger partial charge in [-0.1, -0.05) is 78.5 Å². The highest BCUT2D eigenvalue weighted by Gasteiger charge is 2.34. The molecule has 3 aromatic carbocycles. The van der Waals surface area contributed by atoms with Crippen molar-refractivity contribution >= 4 is 39.1 Å². The van der Waals surface area contributed by atoms with Crippen molar-refractivity contribution in [2.24, 2.45) is 0 Å². The Bertz CT molecular complexity index is 1460. The van der Waals surface area contributed by atoms with Crippen LogP contribution in [0.3, 0.4) is 0 Å². The second kappa shape index (κ2) is 12.9. The predicted molar refractivity (Wildman–Crippen MR) is 159 cm³/mol. The van der Waals surface area contributed by atoms with Crippen molar-refractivity contribution in [3.05, 3.63) is 94.5 Å². The summed E-state index contributed by atoms with van der Waals surface area (Å²) in [6.45, 7) is 5.09. The molecule has 4 rings (SSSR count). The van der Waals surface area contributed by atoms with Gasteiger partial charge in [-0.2, -0.15) is 0 Å². The van der Waals surface area contributed by atoms with E-state index in [1.54, 1.807) is 50.2 Å². The van der Waals surface area contributed by atoms with Gasteiger partial charge in [0.1, 0.15) is 12.6 Å². The number of hydrogen-bond acceptors (Lipinski definition) is 4. The van der Waals surface area contributed by atoms with E-state index in [0.717, 1.165) is 41.1 Å². The van der Waals surface area contributed by atoms with Gasteiger partial charge in [0, 0.05) is 17.6 Å². The third-order valence-corrected chi connectivity index (χ3v) is 9.36. The lowest BCUT2D eigenvalue weighted by atomic mass is 10.1. The number of nitrogens with zero attached hydrogens (tertiary/aromatic N) is 2. The lowest BCUT2D eigenvalue weighted by molar-refractivity contribution is -0.139. The zero-order valence-corrected chi connectivity index (χ0v) is 24.7. The minimum Gasteiger partial charge on any atom is -0.352 e. The van der Waals surface area contributed by atoms with Gasteiger partial charge in [-0.3, -0.25) is 13.9 Å². The van der Waals surface area contributed by atoms with Crippen LogP contribution in [-0.2, 0) is 26.2 Å². The van der Waals surface area contributed by atoms with E-state index in [9.17, 15) is 18.0 Å². The third kappa shape index (κ3) is 7.04. The maximum atomic E-state index is 14.1. The lowest BCUT2D eigenvalue weighted by Crippen LogP contribution is -2.52. The maximum absolute atomic E-state index is 14.1. The van der Waals surface area contributed by atoms with Crippen molar-refractivity contribution in [3.8, 4) is 0 Å². The van der Waals surface area contributed by atoms with E-state index in [-0.39, 0.29) is 23.4 Å². The fourth-order valence-electron chi connectivity index (χ4n) is 5.07. The first-order valence-corrected chi connectivity index (χ1v) is 15.4. The predicted octanol–water partition coefficient (Wildman–Crippen LogP) is 5.63. The van der Waals surface area contributed by atoms with Gasteiger partial charge in [-0.05, 0) is 69.0 Å². The smallest absolute Gasteiger partial charge is 0.264 e. The van der Waals surface area contributed by atoms with Crippen LogP contribution >= 0.6 is 11.6 Å². The highest BCUT2D eigenvalue weighted by molar-refractivity contribution is 7.92. The molecule has 2 amide bonds. The molecule has 9 heteroatoms. The van der Waals surface area contributed by atoms with E-state index >= 15 is 0 Å². The molecule has 3 aromatic rings. The number of sulfonamides is 1. The molecule has 0 bridgehead atoms. The summed E-state index contributed by atoms with van der Waals surface area (Å²) in [6, 6.07) is 19.9. The standard InChI is InChI=1S/C31H36ClN3O4S/c1-22-10-9-11-25(18-22)20-34(24(3)31(37)33-27-12-7-8-13-27)30(36)21-35(29-19-26(32)17-16-23(29)2)40(38,39)28-14-5-4-6-15-28/h4-6,9-11,14-19,24,27H,7-8,12-13,20-21H2,1-3H3,(H,33,37)/t24-/m1/s1. The Morgan fingerprint density at radius 3 is 2.35 bits per heavy atom. The Hall–Kier alpha value is -3.36. The van der Waals surface area contributed by atoms with E-state index < -0.39 is 28.5 Å². The quantitative estimate of drug-likeness (QED) is 0.336. The molecule has 0 aromatic heterocycles. The summed E-state index contributed by atoms with van der Waals surface area (Å²) >= 11 is 6.28. The van der Waals surface area contributed by atoms with Crippen molar-refractivity contribution in [1.82, 2.24) is 10.2 Å². The van der Waals surface area contributed by atoms with Gasteiger partial charge in [0.15, 0.2) is 0 Å². The topological polar surface area (TPSA) is 86.8 Å². The van der Waals surface area contributed by atoms with E-state index in [4.69, 9.17) is 11.6 Å². The number of benzene rings is 3. The molecule has 0 radical (unpaired) electrons. The summed E-state index contributed by atoms with van der Waals surface area (Å²) in [5.74, 6) is -0.737. The van der Waals surface area contributed by atoms with Crippen LogP contribution in [0.1, 0.15) is 49.3 Å². The fraction of sp³-hybridized carbons (Fsp3) is 0.355. The van der Waals surface area contributed by atoms with Gasteiger partial charge in [-0.15, -0.1) is 0 Å². The molecule has 1 saturated carbocycles. The highest BCUT2D eigenvalue weighted by atomic mass is 35.5. The zero-order chi connectivity index (χ0) is 28.9. The summed E-state index contributed by atoms with van der Waals surface area (Å²) < 4.78 is 28.9. The molecule has 0 unspecified atom stereocenters. The summed E-state index contributed by atoms with van der Waals surface area (Å²) in [7, 11) is -4.14. The average molecular weight is 582 g/mol. The van der Waals surface area contributed by atoms with Crippen LogP contribution in [0.25, 0.3) is 0 Å². The zero-order valence-electron chi connectivity index (χ0n) is 23.1. The first kappa shape index (κ1) is 29.6. The monoisotopic (exact) mass is 581 g/mol. The van der Waals surface area contributed by atoms with Crippen LogP contribution in [0.4, 0.5) is 5.69 Å². The number of halogens is 1. The van der Waals surface area contributed by atoms with Crippen LogP contribution < -0.4 is 9.62 Å². The van der Waals surface area contributed by atoms with Crippen molar-refractivity contribution in [3.63, 3.8) is 0 Å². The average Bonchev–Trinajstić information content (AvgIpc) is 3.45. The molecule has 1 aliphatic rings. The van der Waals surface area contributed by atoms with Crippen molar-refractivity contribution < 1.29 is 18.0 Å². The highest BCUT2D eigenvalue weighted by Crippen LogP contribution is 2.30. The summed E-state index contributed by atoms with van der Waals surface area (Å²) in [6.07, 6.45) is 3.97. The minimum absolute atomic E-state index is 0.0550.